The van der Waals surface area contributed by atoms with Gasteiger partial charge in [0.25, 0.3) is 0 Å². The van der Waals surface area contributed by atoms with Gasteiger partial charge in [0.1, 0.15) is 5.69 Å². The van der Waals surface area contributed by atoms with Gasteiger partial charge in [-0.15, -0.1) is 0 Å². The Morgan fingerprint density at radius 3 is 2.76 bits per heavy atom. The van der Waals surface area contributed by atoms with Crippen molar-refractivity contribution in [2.45, 2.75) is 39.1 Å². The normalized spacial score (nSPS) is 12.1. The minimum atomic E-state index is -4.18. The number of ether oxygens (including phenoxy) is 1. The van der Waals surface area contributed by atoms with Gasteiger partial charge in [-0.25, -0.2) is 0 Å². The van der Waals surface area contributed by atoms with E-state index in [0.29, 0.717) is 17.3 Å². The van der Waals surface area contributed by atoms with Gasteiger partial charge in [0.2, 0.25) is 0 Å². The lowest BCUT2D eigenvalue weighted by Crippen LogP contribution is -2.12. The van der Waals surface area contributed by atoms with Crippen LogP contribution in [0.2, 0.25) is 5.02 Å². The van der Waals surface area contributed by atoms with Gasteiger partial charge in [0.05, 0.1) is 18.1 Å². The molecular formula is C10H14ClF3N2O. The average molecular weight is 271 g/mol. The molecule has 0 bridgehead atoms. The molecule has 98 valence electrons. The highest BCUT2D eigenvalue weighted by Gasteiger charge is 2.27. The fourth-order valence-corrected chi connectivity index (χ4v) is 1.41. The molecule has 1 rings (SSSR count). The number of alkyl halides is 3. The summed E-state index contributed by atoms with van der Waals surface area (Å²) in [7, 11) is 0. The van der Waals surface area contributed by atoms with Crippen molar-refractivity contribution < 1.29 is 17.9 Å². The van der Waals surface area contributed by atoms with E-state index in [2.05, 4.69) is 5.10 Å². The van der Waals surface area contributed by atoms with Crippen LogP contribution in [-0.2, 0) is 17.9 Å². The quantitative estimate of drug-likeness (QED) is 0.741. The van der Waals surface area contributed by atoms with Crippen LogP contribution < -0.4 is 0 Å². The van der Waals surface area contributed by atoms with E-state index < -0.39 is 12.6 Å². The van der Waals surface area contributed by atoms with Crippen LogP contribution in [0, 0.1) is 0 Å². The number of nitrogens with zero attached hydrogens (tertiary/aromatic N) is 2. The summed E-state index contributed by atoms with van der Waals surface area (Å²) in [5.74, 6) is 0. The van der Waals surface area contributed by atoms with E-state index in [9.17, 15) is 13.2 Å². The molecule has 1 aromatic heterocycles. The molecule has 0 aliphatic carbocycles. The first-order chi connectivity index (χ1) is 7.92. The first-order valence-corrected chi connectivity index (χ1v) is 5.66. The van der Waals surface area contributed by atoms with Crippen molar-refractivity contribution >= 4 is 11.6 Å². The summed E-state index contributed by atoms with van der Waals surface area (Å²) in [6.45, 7) is 2.54. The molecule has 0 atom stereocenters. The van der Waals surface area contributed by atoms with E-state index in [1.807, 2.05) is 6.92 Å². The molecule has 1 heterocycles. The first kappa shape index (κ1) is 14.3. The smallest absolute Gasteiger partial charge is 0.375 e. The molecule has 1 aromatic rings. The van der Waals surface area contributed by atoms with E-state index in [1.54, 1.807) is 0 Å². The van der Waals surface area contributed by atoms with Crippen LogP contribution in [0.1, 0.15) is 25.5 Å². The second kappa shape index (κ2) is 6.26. The Kier molecular flexibility index (Phi) is 5.27. The van der Waals surface area contributed by atoms with Crippen LogP contribution in [0.25, 0.3) is 0 Å². The minimum absolute atomic E-state index is 0.225. The van der Waals surface area contributed by atoms with Crippen molar-refractivity contribution in [3.05, 3.63) is 16.9 Å². The summed E-state index contributed by atoms with van der Waals surface area (Å²) in [6.07, 6.45) is -2.85. The number of rotatable bonds is 6. The molecule has 0 radical (unpaired) electrons. The minimum Gasteiger partial charge on any atom is -0.375 e. The van der Waals surface area contributed by atoms with E-state index in [-0.39, 0.29) is 13.2 Å². The zero-order valence-corrected chi connectivity index (χ0v) is 10.2. The monoisotopic (exact) mass is 270 g/mol. The topological polar surface area (TPSA) is 27.1 Å². The Morgan fingerprint density at radius 2 is 2.18 bits per heavy atom. The van der Waals surface area contributed by atoms with Crippen LogP contribution in [0.4, 0.5) is 13.2 Å². The highest BCUT2D eigenvalue weighted by molar-refractivity contribution is 6.31. The van der Waals surface area contributed by atoms with Gasteiger partial charge >= 0.3 is 6.18 Å². The van der Waals surface area contributed by atoms with Crippen molar-refractivity contribution in [2.75, 3.05) is 6.61 Å². The molecule has 0 fully saturated rings. The predicted molar refractivity (Wildman–Crippen MR) is 57.9 cm³/mol. The van der Waals surface area contributed by atoms with E-state index in [1.165, 1.54) is 10.9 Å². The third kappa shape index (κ3) is 5.41. The van der Waals surface area contributed by atoms with Crippen molar-refractivity contribution in [2.24, 2.45) is 0 Å². The zero-order valence-electron chi connectivity index (χ0n) is 9.43. The van der Waals surface area contributed by atoms with E-state index in [0.717, 1.165) is 6.42 Å². The molecule has 0 amide bonds. The zero-order chi connectivity index (χ0) is 12.9. The molecule has 0 aliphatic rings. The summed E-state index contributed by atoms with van der Waals surface area (Å²) in [5, 5.41) is 4.28. The van der Waals surface area contributed by atoms with Gasteiger partial charge in [-0.3, -0.25) is 4.68 Å². The largest absolute Gasteiger partial charge is 0.390 e. The summed E-state index contributed by atoms with van der Waals surface area (Å²) in [5.41, 5.74) is 0.474. The Bertz CT molecular complexity index is 352. The molecule has 0 aliphatic heterocycles. The van der Waals surface area contributed by atoms with Crippen LogP contribution in [0.5, 0.6) is 0 Å². The molecule has 0 unspecified atom stereocenters. The number of aromatic nitrogens is 2. The molecule has 17 heavy (non-hydrogen) atoms. The Labute approximate surface area is 103 Å². The van der Waals surface area contributed by atoms with E-state index in [4.69, 9.17) is 16.3 Å². The van der Waals surface area contributed by atoms with Gasteiger partial charge in [-0.05, 0) is 6.42 Å². The maximum absolute atomic E-state index is 12.0. The van der Waals surface area contributed by atoms with Crippen LogP contribution in [-0.4, -0.2) is 22.6 Å². The van der Waals surface area contributed by atoms with Crippen LogP contribution in [0.15, 0.2) is 6.20 Å². The molecule has 0 saturated heterocycles. The third-order valence-electron chi connectivity index (χ3n) is 2.00. The fourth-order valence-electron chi connectivity index (χ4n) is 1.20. The fraction of sp³-hybridized carbons (Fsp3) is 0.700. The molecular weight excluding hydrogens is 257 g/mol. The Morgan fingerprint density at radius 1 is 1.47 bits per heavy atom. The maximum Gasteiger partial charge on any atom is 0.390 e. The third-order valence-corrected chi connectivity index (χ3v) is 2.31. The lowest BCUT2D eigenvalue weighted by molar-refractivity contribution is -0.137. The number of hydrogen-bond donors (Lipinski definition) is 0. The molecule has 0 spiro atoms. The second-order valence-corrected chi connectivity index (χ2v) is 4.01. The SMILES string of the molecule is CCCOCc1nn(CCC(F)(F)F)cc1Cl. The van der Waals surface area contributed by atoms with Crippen LogP contribution in [0.3, 0.4) is 0 Å². The van der Waals surface area contributed by atoms with Gasteiger partial charge in [0.15, 0.2) is 0 Å². The number of aryl methyl sites for hydroxylation is 1. The lowest BCUT2D eigenvalue weighted by Gasteiger charge is -2.05. The second-order valence-electron chi connectivity index (χ2n) is 3.60. The molecule has 0 N–H and O–H groups in total. The standard InChI is InChI=1S/C10H14ClF3N2O/c1-2-5-17-7-9-8(11)6-16(15-9)4-3-10(12,13)14/h6H,2-5,7H2,1H3. The lowest BCUT2D eigenvalue weighted by atomic mass is 10.4. The number of hydrogen-bond acceptors (Lipinski definition) is 2. The predicted octanol–water partition coefficient (Wildman–Crippen LogP) is 3.42. The van der Waals surface area contributed by atoms with Crippen LogP contribution >= 0.6 is 11.6 Å². The van der Waals surface area contributed by atoms with Gasteiger partial charge in [-0.2, -0.15) is 18.3 Å². The van der Waals surface area contributed by atoms with Crippen molar-refractivity contribution in [1.82, 2.24) is 9.78 Å². The van der Waals surface area contributed by atoms with Crippen molar-refractivity contribution in [3.8, 4) is 0 Å². The average Bonchev–Trinajstić information content (AvgIpc) is 2.56. The molecule has 7 heteroatoms. The Hall–Kier alpha value is -0.750. The molecule has 0 aromatic carbocycles. The number of halogens is 4. The Balaban J connectivity index is 2.49. The summed E-state index contributed by atoms with van der Waals surface area (Å²) in [4.78, 5) is 0. The summed E-state index contributed by atoms with van der Waals surface area (Å²) in [6, 6.07) is 0. The van der Waals surface area contributed by atoms with E-state index >= 15 is 0 Å². The maximum atomic E-state index is 12.0. The van der Waals surface area contributed by atoms with Crippen molar-refractivity contribution in [3.63, 3.8) is 0 Å². The first-order valence-electron chi connectivity index (χ1n) is 5.28. The van der Waals surface area contributed by atoms with Crippen molar-refractivity contribution in [1.29, 1.82) is 0 Å². The van der Waals surface area contributed by atoms with Gasteiger partial charge < -0.3 is 4.74 Å². The highest BCUT2D eigenvalue weighted by Crippen LogP contribution is 2.21. The molecule has 0 saturated carbocycles. The highest BCUT2D eigenvalue weighted by atomic mass is 35.5. The van der Waals surface area contributed by atoms with Gasteiger partial charge in [0, 0.05) is 19.3 Å². The summed E-state index contributed by atoms with van der Waals surface area (Å²) >= 11 is 5.83. The summed E-state index contributed by atoms with van der Waals surface area (Å²) < 4.78 is 42.4. The molecule has 3 nitrogen and oxygen atoms in total. The van der Waals surface area contributed by atoms with Gasteiger partial charge in [-0.1, -0.05) is 18.5 Å².